The molecule has 1 aliphatic carbocycles. The van der Waals surface area contributed by atoms with Crippen LogP contribution in [0.2, 0.25) is 0 Å². The SMILES string of the molecule is CCC(OC1CCCC1)C(=O)Nc1ccc(OCCN)cc1. The highest BCUT2D eigenvalue weighted by Gasteiger charge is 2.24. The number of rotatable bonds is 8. The summed E-state index contributed by atoms with van der Waals surface area (Å²) in [5, 5.41) is 2.91. The molecular formula is C17H26N2O3. The third kappa shape index (κ3) is 5.00. The average molecular weight is 306 g/mol. The minimum Gasteiger partial charge on any atom is -0.492 e. The van der Waals surface area contributed by atoms with Crippen molar-refractivity contribution in [3.05, 3.63) is 24.3 Å². The lowest BCUT2D eigenvalue weighted by Crippen LogP contribution is -2.32. The van der Waals surface area contributed by atoms with Crippen LogP contribution >= 0.6 is 0 Å². The predicted molar refractivity (Wildman–Crippen MR) is 87.0 cm³/mol. The highest BCUT2D eigenvalue weighted by Crippen LogP contribution is 2.23. The van der Waals surface area contributed by atoms with Gasteiger partial charge in [-0.1, -0.05) is 19.8 Å². The molecule has 1 amide bonds. The van der Waals surface area contributed by atoms with E-state index in [1.807, 2.05) is 31.2 Å². The van der Waals surface area contributed by atoms with Gasteiger partial charge in [-0.3, -0.25) is 4.79 Å². The summed E-state index contributed by atoms with van der Waals surface area (Å²) in [6.45, 7) is 2.94. The zero-order chi connectivity index (χ0) is 15.8. The molecule has 122 valence electrons. The van der Waals surface area contributed by atoms with Crippen molar-refractivity contribution in [2.75, 3.05) is 18.5 Å². The molecule has 5 heteroatoms. The van der Waals surface area contributed by atoms with Crippen LogP contribution in [0.3, 0.4) is 0 Å². The number of nitrogens with two attached hydrogens (primary N) is 1. The van der Waals surface area contributed by atoms with Crippen molar-refractivity contribution in [3.8, 4) is 5.75 Å². The fourth-order valence-corrected chi connectivity index (χ4v) is 2.63. The van der Waals surface area contributed by atoms with E-state index in [1.54, 1.807) is 0 Å². The van der Waals surface area contributed by atoms with Crippen molar-refractivity contribution >= 4 is 11.6 Å². The van der Waals surface area contributed by atoms with Crippen LogP contribution in [0, 0.1) is 0 Å². The van der Waals surface area contributed by atoms with E-state index in [0.717, 1.165) is 24.3 Å². The Balaban J connectivity index is 1.86. The van der Waals surface area contributed by atoms with Crippen LogP contribution < -0.4 is 15.8 Å². The van der Waals surface area contributed by atoms with Gasteiger partial charge < -0.3 is 20.5 Å². The smallest absolute Gasteiger partial charge is 0.253 e. The second-order valence-corrected chi connectivity index (χ2v) is 5.59. The minimum absolute atomic E-state index is 0.0787. The number of carbonyl (C=O) groups is 1. The summed E-state index contributed by atoms with van der Waals surface area (Å²) in [5.41, 5.74) is 6.14. The van der Waals surface area contributed by atoms with Crippen LogP contribution in [0.15, 0.2) is 24.3 Å². The summed E-state index contributed by atoms with van der Waals surface area (Å²) in [6.07, 6.45) is 5.08. The lowest BCUT2D eigenvalue weighted by molar-refractivity contribution is -0.131. The van der Waals surface area contributed by atoms with Crippen LogP contribution in [-0.2, 0) is 9.53 Å². The molecule has 0 aliphatic heterocycles. The summed E-state index contributed by atoms with van der Waals surface area (Å²) in [7, 11) is 0. The summed E-state index contributed by atoms with van der Waals surface area (Å²) in [5.74, 6) is 0.669. The van der Waals surface area contributed by atoms with Gasteiger partial charge in [-0.25, -0.2) is 0 Å². The van der Waals surface area contributed by atoms with E-state index in [2.05, 4.69) is 5.32 Å². The topological polar surface area (TPSA) is 73.6 Å². The Bertz CT molecular complexity index is 455. The van der Waals surface area contributed by atoms with E-state index in [-0.39, 0.29) is 18.1 Å². The van der Waals surface area contributed by atoms with Crippen LogP contribution in [0.25, 0.3) is 0 Å². The molecule has 0 saturated heterocycles. The molecule has 0 spiro atoms. The summed E-state index contributed by atoms with van der Waals surface area (Å²) in [4.78, 5) is 12.3. The van der Waals surface area contributed by atoms with Crippen molar-refractivity contribution in [1.82, 2.24) is 0 Å². The Morgan fingerprint density at radius 3 is 2.59 bits per heavy atom. The Labute approximate surface area is 132 Å². The van der Waals surface area contributed by atoms with Crippen molar-refractivity contribution in [3.63, 3.8) is 0 Å². The van der Waals surface area contributed by atoms with Gasteiger partial charge in [0.05, 0.1) is 6.10 Å². The van der Waals surface area contributed by atoms with Gasteiger partial charge in [0.15, 0.2) is 0 Å². The monoisotopic (exact) mass is 306 g/mol. The molecule has 5 nitrogen and oxygen atoms in total. The largest absolute Gasteiger partial charge is 0.492 e. The fraction of sp³-hybridized carbons (Fsp3) is 0.588. The third-order valence-electron chi connectivity index (χ3n) is 3.83. The Morgan fingerprint density at radius 2 is 2.00 bits per heavy atom. The number of hydrogen-bond acceptors (Lipinski definition) is 4. The molecule has 2 rings (SSSR count). The molecule has 3 N–H and O–H groups in total. The number of ether oxygens (including phenoxy) is 2. The number of nitrogens with one attached hydrogen (secondary N) is 1. The molecule has 22 heavy (non-hydrogen) atoms. The zero-order valence-corrected chi connectivity index (χ0v) is 13.2. The quantitative estimate of drug-likeness (QED) is 0.774. The normalized spacial score (nSPS) is 16.5. The van der Waals surface area contributed by atoms with Gasteiger partial charge >= 0.3 is 0 Å². The van der Waals surface area contributed by atoms with Crippen LogP contribution in [0.1, 0.15) is 39.0 Å². The third-order valence-corrected chi connectivity index (χ3v) is 3.83. The van der Waals surface area contributed by atoms with Crippen LogP contribution in [0.5, 0.6) is 5.75 Å². The first-order valence-corrected chi connectivity index (χ1v) is 8.12. The highest BCUT2D eigenvalue weighted by molar-refractivity contribution is 5.94. The first-order chi connectivity index (χ1) is 10.7. The number of anilines is 1. The highest BCUT2D eigenvalue weighted by atomic mass is 16.5. The van der Waals surface area contributed by atoms with Crippen LogP contribution in [-0.4, -0.2) is 31.3 Å². The van der Waals surface area contributed by atoms with Crippen molar-refractivity contribution in [2.24, 2.45) is 5.73 Å². The molecule has 1 aliphatic rings. The molecule has 0 bridgehead atoms. The maximum atomic E-state index is 12.3. The summed E-state index contributed by atoms with van der Waals surface area (Å²) in [6, 6.07) is 7.30. The number of amides is 1. The zero-order valence-electron chi connectivity index (χ0n) is 13.2. The van der Waals surface area contributed by atoms with Gasteiger partial charge in [-0.2, -0.15) is 0 Å². The van der Waals surface area contributed by atoms with E-state index < -0.39 is 0 Å². The first-order valence-electron chi connectivity index (χ1n) is 8.12. The van der Waals surface area contributed by atoms with Crippen molar-refractivity contribution in [2.45, 2.75) is 51.2 Å². The van der Waals surface area contributed by atoms with Gasteiger partial charge in [0.2, 0.25) is 0 Å². The van der Waals surface area contributed by atoms with E-state index in [9.17, 15) is 4.79 Å². The molecule has 0 radical (unpaired) electrons. The van der Waals surface area contributed by atoms with Crippen molar-refractivity contribution < 1.29 is 14.3 Å². The fourth-order valence-electron chi connectivity index (χ4n) is 2.63. The van der Waals surface area contributed by atoms with Gasteiger partial charge in [-0.15, -0.1) is 0 Å². The molecule has 1 atom stereocenters. The Morgan fingerprint density at radius 1 is 1.32 bits per heavy atom. The lowest BCUT2D eigenvalue weighted by Gasteiger charge is -2.20. The molecule has 1 aromatic rings. The second kappa shape index (κ2) is 8.76. The average Bonchev–Trinajstić information content (AvgIpc) is 3.05. The molecule has 1 unspecified atom stereocenters. The second-order valence-electron chi connectivity index (χ2n) is 5.59. The summed E-state index contributed by atoms with van der Waals surface area (Å²) >= 11 is 0. The van der Waals surface area contributed by atoms with Gasteiger partial charge in [0, 0.05) is 12.2 Å². The lowest BCUT2D eigenvalue weighted by atomic mass is 10.2. The molecule has 1 aromatic carbocycles. The Kier molecular flexibility index (Phi) is 6.68. The molecule has 0 aromatic heterocycles. The standard InChI is InChI=1S/C17H26N2O3/c1-2-16(22-15-5-3-4-6-15)17(20)19-13-7-9-14(10-8-13)21-12-11-18/h7-10,15-16H,2-6,11-12,18H2,1H3,(H,19,20). The van der Waals surface area contributed by atoms with Gasteiger partial charge in [-0.05, 0) is 43.5 Å². The van der Waals surface area contributed by atoms with Gasteiger partial charge in [0.25, 0.3) is 5.91 Å². The van der Waals surface area contributed by atoms with Crippen LogP contribution in [0.4, 0.5) is 5.69 Å². The maximum Gasteiger partial charge on any atom is 0.253 e. The predicted octanol–water partition coefficient (Wildman–Crippen LogP) is 2.70. The van der Waals surface area contributed by atoms with E-state index in [4.69, 9.17) is 15.2 Å². The Hall–Kier alpha value is -1.59. The molecular weight excluding hydrogens is 280 g/mol. The maximum absolute atomic E-state index is 12.3. The number of carbonyl (C=O) groups excluding carboxylic acids is 1. The number of hydrogen-bond donors (Lipinski definition) is 2. The van der Waals surface area contributed by atoms with E-state index in [1.165, 1.54) is 12.8 Å². The molecule has 1 saturated carbocycles. The van der Waals surface area contributed by atoms with E-state index >= 15 is 0 Å². The van der Waals surface area contributed by atoms with E-state index in [0.29, 0.717) is 19.6 Å². The molecule has 1 fully saturated rings. The summed E-state index contributed by atoms with van der Waals surface area (Å²) < 4.78 is 11.3. The minimum atomic E-state index is -0.378. The number of benzene rings is 1. The van der Waals surface area contributed by atoms with Crippen molar-refractivity contribution in [1.29, 1.82) is 0 Å². The van der Waals surface area contributed by atoms with Gasteiger partial charge in [0.1, 0.15) is 18.5 Å². The molecule has 0 heterocycles. The first kappa shape index (κ1) is 16.8.